The van der Waals surface area contributed by atoms with Crippen LogP contribution >= 0.6 is 11.8 Å². The maximum Gasteiger partial charge on any atom is 0.303 e. The number of sulfone groups is 1. The van der Waals surface area contributed by atoms with Crippen LogP contribution in [0, 0.1) is 0 Å². The van der Waals surface area contributed by atoms with E-state index in [0.29, 0.717) is 17.5 Å². The van der Waals surface area contributed by atoms with Gasteiger partial charge in [0.15, 0.2) is 15.0 Å². The molecule has 1 amide bonds. The predicted octanol–water partition coefficient (Wildman–Crippen LogP) is 1.16. The molecule has 0 saturated carbocycles. The summed E-state index contributed by atoms with van der Waals surface area (Å²) in [5.41, 5.74) is 0.858. The van der Waals surface area contributed by atoms with Crippen LogP contribution in [0.25, 0.3) is 0 Å². The quantitative estimate of drug-likeness (QED) is 0.740. The van der Waals surface area contributed by atoms with Gasteiger partial charge in [-0.1, -0.05) is 30.0 Å². The van der Waals surface area contributed by atoms with Gasteiger partial charge in [-0.25, -0.2) is 8.42 Å². The Labute approximate surface area is 161 Å². The highest BCUT2D eigenvalue weighted by molar-refractivity contribution is 8.15. The van der Waals surface area contributed by atoms with Crippen LogP contribution in [0.15, 0.2) is 29.3 Å². The van der Waals surface area contributed by atoms with Crippen LogP contribution in [0.3, 0.4) is 0 Å². The van der Waals surface area contributed by atoms with Crippen LogP contribution in [0.2, 0.25) is 0 Å². The van der Waals surface area contributed by atoms with Crippen LogP contribution in [-0.4, -0.2) is 65.4 Å². The Morgan fingerprint density at radius 1 is 1.30 bits per heavy atom. The number of methoxy groups -OCH3 is 1. The molecular weight excluding hydrogens is 392 g/mol. The number of carboxylic acids is 1. The Hall–Kier alpha value is -2.07. The van der Waals surface area contributed by atoms with Crippen molar-refractivity contribution in [2.24, 2.45) is 4.99 Å². The number of carbonyl (C=O) groups excluding carboxylic acids is 1. The zero-order valence-electron chi connectivity index (χ0n) is 14.7. The number of carboxylic acid groups (broad SMARTS) is 1. The molecule has 1 aromatic rings. The summed E-state index contributed by atoms with van der Waals surface area (Å²) in [6, 6.07) is 7.13. The van der Waals surface area contributed by atoms with Gasteiger partial charge in [0.2, 0.25) is 5.91 Å². The van der Waals surface area contributed by atoms with Gasteiger partial charge < -0.3 is 14.7 Å². The summed E-state index contributed by atoms with van der Waals surface area (Å²) in [5.74, 6) is -0.845. The number of aliphatic carboxylic acids is 1. The second kappa shape index (κ2) is 7.89. The molecule has 1 N–H and O–H groups in total. The lowest BCUT2D eigenvalue weighted by Gasteiger charge is -2.25. The summed E-state index contributed by atoms with van der Waals surface area (Å²) < 4.78 is 29.4. The first-order chi connectivity index (χ1) is 12.8. The van der Waals surface area contributed by atoms with E-state index in [9.17, 15) is 18.0 Å². The first-order valence-electron chi connectivity index (χ1n) is 8.38. The SMILES string of the molecule is COc1ccccc1CN1C(=NC(=O)CCC(=O)O)S[C@H]2CS(=O)(=O)C[C@@H]21. The normalized spacial score (nSPS) is 24.8. The molecule has 2 atom stereocenters. The largest absolute Gasteiger partial charge is 0.496 e. The van der Waals surface area contributed by atoms with Crippen molar-refractivity contribution in [2.45, 2.75) is 30.7 Å². The Bertz CT molecular complexity index is 883. The monoisotopic (exact) mass is 412 g/mol. The van der Waals surface area contributed by atoms with Crippen LogP contribution in [0.1, 0.15) is 18.4 Å². The number of amidine groups is 1. The molecule has 2 saturated heterocycles. The molecule has 2 fully saturated rings. The number of carbonyl (C=O) groups is 2. The van der Waals surface area contributed by atoms with Crippen molar-refractivity contribution in [1.82, 2.24) is 4.90 Å². The molecular formula is C17H20N2O6S2. The van der Waals surface area contributed by atoms with Gasteiger partial charge in [0.1, 0.15) is 5.75 Å². The molecule has 2 heterocycles. The molecule has 0 spiro atoms. The molecule has 146 valence electrons. The van der Waals surface area contributed by atoms with Crippen LogP contribution < -0.4 is 4.74 Å². The fourth-order valence-corrected chi connectivity index (χ4v) is 7.18. The zero-order valence-corrected chi connectivity index (χ0v) is 16.3. The first-order valence-corrected chi connectivity index (χ1v) is 11.1. The van der Waals surface area contributed by atoms with Crippen molar-refractivity contribution in [3.8, 4) is 5.75 Å². The maximum atomic E-state index is 12.0. The van der Waals surface area contributed by atoms with Crippen LogP contribution in [-0.2, 0) is 26.0 Å². The number of hydrogen-bond acceptors (Lipinski definition) is 6. The summed E-state index contributed by atoms with van der Waals surface area (Å²) in [5, 5.41) is 8.98. The minimum absolute atomic E-state index is 0.0160. The Balaban J connectivity index is 1.86. The number of benzene rings is 1. The first kappa shape index (κ1) is 19.7. The zero-order chi connectivity index (χ0) is 19.6. The number of fused-ring (bicyclic) bond motifs is 1. The molecule has 27 heavy (non-hydrogen) atoms. The van der Waals surface area contributed by atoms with Crippen molar-refractivity contribution in [1.29, 1.82) is 0 Å². The summed E-state index contributed by atoms with van der Waals surface area (Å²) in [6.45, 7) is 0.360. The summed E-state index contributed by atoms with van der Waals surface area (Å²) in [6.07, 6.45) is -0.469. The molecule has 0 bridgehead atoms. The van der Waals surface area contributed by atoms with E-state index < -0.39 is 21.7 Å². The lowest BCUT2D eigenvalue weighted by atomic mass is 10.1. The van der Waals surface area contributed by atoms with Crippen molar-refractivity contribution in [3.05, 3.63) is 29.8 Å². The molecule has 1 aromatic carbocycles. The van der Waals surface area contributed by atoms with E-state index in [4.69, 9.17) is 9.84 Å². The minimum Gasteiger partial charge on any atom is -0.496 e. The average Bonchev–Trinajstić information content (AvgIpc) is 3.06. The number of ether oxygens (including phenoxy) is 1. The number of nitrogens with zero attached hydrogens (tertiary/aromatic N) is 2. The lowest BCUT2D eigenvalue weighted by molar-refractivity contribution is -0.138. The van der Waals surface area contributed by atoms with Gasteiger partial charge in [0.25, 0.3) is 0 Å². The molecule has 3 rings (SSSR count). The lowest BCUT2D eigenvalue weighted by Crippen LogP contribution is -2.37. The van der Waals surface area contributed by atoms with Crippen molar-refractivity contribution in [3.63, 3.8) is 0 Å². The van der Waals surface area contributed by atoms with Gasteiger partial charge in [-0.05, 0) is 6.07 Å². The molecule has 2 aliphatic heterocycles. The highest BCUT2D eigenvalue weighted by atomic mass is 32.2. The average molecular weight is 412 g/mol. The number of amides is 1. The van der Waals surface area contributed by atoms with Crippen LogP contribution in [0.4, 0.5) is 0 Å². The highest BCUT2D eigenvalue weighted by Gasteiger charge is 2.48. The van der Waals surface area contributed by atoms with Crippen molar-refractivity contribution >= 4 is 38.6 Å². The van der Waals surface area contributed by atoms with Gasteiger partial charge in [0.05, 0.1) is 31.1 Å². The summed E-state index contributed by atoms with van der Waals surface area (Å²) in [7, 11) is -1.57. The van der Waals surface area contributed by atoms with Crippen molar-refractivity contribution in [2.75, 3.05) is 18.6 Å². The third kappa shape index (κ3) is 4.62. The van der Waals surface area contributed by atoms with Gasteiger partial charge in [-0.2, -0.15) is 4.99 Å². The van der Waals surface area contributed by atoms with E-state index in [2.05, 4.69) is 4.99 Å². The van der Waals surface area contributed by atoms with Gasteiger partial charge in [0, 0.05) is 23.8 Å². The fraction of sp³-hybridized carbons (Fsp3) is 0.471. The predicted molar refractivity (Wildman–Crippen MR) is 102 cm³/mol. The number of thioether (sulfide) groups is 1. The standard InChI is InChI=1S/C17H20N2O6S2/c1-25-13-5-3-2-4-11(13)8-19-12-9-27(23,24)10-14(12)26-17(19)18-15(20)6-7-16(21)22/h2-5,12,14H,6-10H2,1H3,(H,21,22)/t12-,14-/m0/s1. The second-order valence-electron chi connectivity index (χ2n) is 6.42. The van der Waals surface area contributed by atoms with Crippen molar-refractivity contribution < 1.29 is 27.9 Å². The van der Waals surface area contributed by atoms with Gasteiger partial charge >= 0.3 is 5.97 Å². The van der Waals surface area contributed by atoms with Gasteiger partial charge in [-0.15, -0.1) is 0 Å². The topological polar surface area (TPSA) is 113 Å². The molecule has 0 aromatic heterocycles. The Morgan fingerprint density at radius 3 is 2.74 bits per heavy atom. The van der Waals surface area contributed by atoms with E-state index in [1.54, 1.807) is 7.11 Å². The molecule has 8 nitrogen and oxygen atoms in total. The molecule has 2 aliphatic rings. The molecule has 0 aliphatic carbocycles. The number of para-hydroxylation sites is 1. The minimum atomic E-state index is -3.13. The van der Waals surface area contributed by atoms with E-state index in [1.165, 1.54) is 11.8 Å². The van der Waals surface area contributed by atoms with Gasteiger partial charge in [-0.3, -0.25) is 9.59 Å². The Morgan fingerprint density at radius 2 is 2.04 bits per heavy atom. The maximum absolute atomic E-state index is 12.0. The Kier molecular flexibility index (Phi) is 5.75. The van der Waals surface area contributed by atoms with Crippen LogP contribution in [0.5, 0.6) is 5.75 Å². The number of aliphatic imine (C=N–C) groups is 1. The van der Waals surface area contributed by atoms with E-state index in [-0.39, 0.29) is 35.6 Å². The third-order valence-corrected chi connectivity index (χ3v) is 7.73. The second-order valence-corrected chi connectivity index (χ2v) is 9.78. The smallest absolute Gasteiger partial charge is 0.303 e. The third-order valence-electron chi connectivity index (χ3n) is 4.48. The summed E-state index contributed by atoms with van der Waals surface area (Å²) >= 11 is 1.27. The fourth-order valence-electron chi connectivity index (χ4n) is 3.21. The molecule has 0 radical (unpaired) electrons. The molecule has 10 heteroatoms. The highest BCUT2D eigenvalue weighted by Crippen LogP contribution is 2.39. The number of hydrogen-bond donors (Lipinski definition) is 1. The molecule has 0 unspecified atom stereocenters. The van der Waals surface area contributed by atoms with E-state index in [1.807, 2.05) is 29.2 Å². The van der Waals surface area contributed by atoms with E-state index >= 15 is 0 Å². The number of rotatable bonds is 6. The summed E-state index contributed by atoms with van der Waals surface area (Å²) in [4.78, 5) is 28.6. The van der Waals surface area contributed by atoms with E-state index in [0.717, 1.165) is 5.56 Å².